The van der Waals surface area contributed by atoms with Crippen LogP contribution in [0, 0.1) is 5.92 Å². The smallest absolute Gasteiger partial charge is 0.324 e. The number of hydrogen-bond acceptors (Lipinski definition) is 2. The van der Waals surface area contributed by atoms with Gasteiger partial charge >= 0.3 is 5.97 Å². The van der Waals surface area contributed by atoms with Gasteiger partial charge in [0.25, 0.3) is 0 Å². The van der Waals surface area contributed by atoms with Gasteiger partial charge in [-0.2, -0.15) is 0 Å². The number of rotatable bonds is 4. The van der Waals surface area contributed by atoms with Crippen LogP contribution in [0.15, 0.2) is 12.7 Å². The standard InChI is InChI=1S/C8H13ClO2/c1-4-6(3)7(9)8(10)11-5-2/h4,6-7H,1,5H2,2-3H3/t6-,7-/m0/s1. The predicted octanol–water partition coefficient (Wildman–Crippen LogP) is 1.98. The van der Waals surface area contributed by atoms with E-state index in [1.807, 2.05) is 6.92 Å². The van der Waals surface area contributed by atoms with E-state index in [4.69, 9.17) is 16.3 Å². The van der Waals surface area contributed by atoms with Crippen LogP contribution in [0.25, 0.3) is 0 Å². The van der Waals surface area contributed by atoms with Gasteiger partial charge in [0.05, 0.1) is 6.61 Å². The van der Waals surface area contributed by atoms with E-state index in [2.05, 4.69) is 6.58 Å². The summed E-state index contributed by atoms with van der Waals surface area (Å²) in [6.45, 7) is 7.47. The molecule has 11 heavy (non-hydrogen) atoms. The highest BCUT2D eigenvalue weighted by Gasteiger charge is 2.20. The van der Waals surface area contributed by atoms with Gasteiger partial charge < -0.3 is 4.74 Å². The SMILES string of the molecule is C=C[C@H](C)[C@H](Cl)C(=O)OCC. The molecule has 64 valence electrons. The lowest BCUT2D eigenvalue weighted by atomic mass is 10.1. The van der Waals surface area contributed by atoms with Crippen LogP contribution < -0.4 is 0 Å². The topological polar surface area (TPSA) is 26.3 Å². The number of hydrogen-bond donors (Lipinski definition) is 0. The average molecular weight is 177 g/mol. The van der Waals surface area contributed by atoms with Gasteiger partial charge in [0.2, 0.25) is 0 Å². The summed E-state index contributed by atoms with van der Waals surface area (Å²) in [5.41, 5.74) is 0. The number of esters is 1. The van der Waals surface area contributed by atoms with Crippen molar-refractivity contribution in [2.24, 2.45) is 5.92 Å². The third-order valence-corrected chi connectivity index (χ3v) is 1.92. The quantitative estimate of drug-likeness (QED) is 0.372. The highest BCUT2D eigenvalue weighted by Crippen LogP contribution is 2.12. The van der Waals surface area contributed by atoms with E-state index >= 15 is 0 Å². The largest absolute Gasteiger partial charge is 0.465 e. The van der Waals surface area contributed by atoms with Crippen LogP contribution in [-0.2, 0) is 9.53 Å². The van der Waals surface area contributed by atoms with E-state index in [-0.39, 0.29) is 11.9 Å². The Bertz CT molecular complexity index is 145. The summed E-state index contributed by atoms with van der Waals surface area (Å²) in [7, 11) is 0. The van der Waals surface area contributed by atoms with E-state index in [0.717, 1.165) is 0 Å². The number of allylic oxidation sites excluding steroid dienone is 1. The van der Waals surface area contributed by atoms with E-state index in [9.17, 15) is 4.79 Å². The lowest BCUT2D eigenvalue weighted by Gasteiger charge is -2.11. The van der Waals surface area contributed by atoms with Crippen LogP contribution in [0.2, 0.25) is 0 Å². The molecular formula is C8H13ClO2. The van der Waals surface area contributed by atoms with Gasteiger partial charge in [-0.25, -0.2) is 0 Å². The second kappa shape index (κ2) is 5.19. The molecule has 0 bridgehead atoms. The highest BCUT2D eigenvalue weighted by atomic mass is 35.5. The predicted molar refractivity (Wildman–Crippen MR) is 45.6 cm³/mol. The third-order valence-electron chi connectivity index (χ3n) is 1.35. The van der Waals surface area contributed by atoms with Crippen molar-refractivity contribution < 1.29 is 9.53 Å². The van der Waals surface area contributed by atoms with Gasteiger partial charge in [-0.15, -0.1) is 18.2 Å². The van der Waals surface area contributed by atoms with Gasteiger partial charge in [0.1, 0.15) is 5.38 Å². The van der Waals surface area contributed by atoms with Crippen LogP contribution in [0.5, 0.6) is 0 Å². The zero-order valence-electron chi connectivity index (χ0n) is 6.84. The summed E-state index contributed by atoms with van der Waals surface area (Å²) in [5, 5.41) is -0.604. The summed E-state index contributed by atoms with van der Waals surface area (Å²) in [6.07, 6.45) is 1.63. The Morgan fingerprint density at radius 1 is 1.82 bits per heavy atom. The van der Waals surface area contributed by atoms with Crippen molar-refractivity contribution in [3.05, 3.63) is 12.7 Å². The van der Waals surface area contributed by atoms with E-state index in [1.54, 1.807) is 13.0 Å². The second-order valence-electron chi connectivity index (χ2n) is 2.25. The Balaban J connectivity index is 3.90. The first-order chi connectivity index (χ1) is 5.13. The fourth-order valence-electron chi connectivity index (χ4n) is 0.556. The molecule has 0 heterocycles. The third kappa shape index (κ3) is 3.42. The van der Waals surface area contributed by atoms with Crippen LogP contribution in [0.3, 0.4) is 0 Å². The number of halogens is 1. The molecule has 0 aromatic heterocycles. The molecule has 3 heteroatoms. The summed E-state index contributed by atoms with van der Waals surface area (Å²) in [4.78, 5) is 10.9. The Morgan fingerprint density at radius 3 is 2.73 bits per heavy atom. The monoisotopic (exact) mass is 176 g/mol. The Labute approximate surface area is 72.2 Å². The molecule has 0 aliphatic carbocycles. The zero-order valence-corrected chi connectivity index (χ0v) is 7.60. The molecule has 0 unspecified atom stereocenters. The molecule has 0 spiro atoms. The van der Waals surface area contributed by atoms with Crippen molar-refractivity contribution in [2.45, 2.75) is 19.2 Å². The number of carbonyl (C=O) groups excluding carboxylic acids is 1. The molecular weight excluding hydrogens is 164 g/mol. The summed E-state index contributed by atoms with van der Waals surface area (Å²) < 4.78 is 4.71. The van der Waals surface area contributed by atoms with E-state index < -0.39 is 5.38 Å². The van der Waals surface area contributed by atoms with Gasteiger partial charge in [-0.05, 0) is 6.92 Å². The molecule has 0 aliphatic rings. The van der Waals surface area contributed by atoms with Gasteiger partial charge in [-0.1, -0.05) is 13.0 Å². The molecule has 0 amide bonds. The molecule has 0 rings (SSSR count). The first kappa shape index (κ1) is 10.5. The van der Waals surface area contributed by atoms with Gasteiger partial charge in [0.15, 0.2) is 0 Å². The highest BCUT2D eigenvalue weighted by molar-refractivity contribution is 6.30. The number of carbonyl (C=O) groups is 1. The maximum Gasteiger partial charge on any atom is 0.324 e. The van der Waals surface area contributed by atoms with Crippen LogP contribution in [-0.4, -0.2) is 18.0 Å². The average Bonchev–Trinajstić information content (AvgIpc) is 2.02. The molecule has 0 saturated heterocycles. The first-order valence-corrected chi connectivity index (χ1v) is 4.00. The Kier molecular flexibility index (Phi) is 4.95. The molecule has 0 radical (unpaired) electrons. The van der Waals surface area contributed by atoms with Crippen molar-refractivity contribution in [3.8, 4) is 0 Å². The van der Waals surface area contributed by atoms with Crippen LogP contribution in [0.1, 0.15) is 13.8 Å². The molecule has 0 aromatic carbocycles. The fraction of sp³-hybridized carbons (Fsp3) is 0.625. The summed E-state index contributed by atoms with van der Waals surface area (Å²) in [5.74, 6) is -0.419. The number of ether oxygens (including phenoxy) is 1. The molecule has 0 saturated carbocycles. The Hall–Kier alpha value is -0.500. The minimum absolute atomic E-state index is 0.0456. The summed E-state index contributed by atoms with van der Waals surface area (Å²) in [6, 6.07) is 0. The van der Waals surface area contributed by atoms with Gasteiger partial charge in [-0.3, -0.25) is 4.79 Å². The normalized spacial score (nSPS) is 15.2. The first-order valence-electron chi connectivity index (χ1n) is 3.56. The minimum Gasteiger partial charge on any atom is -0.465 e. The Morgan fingerprint density at radius 2 is 2.36 bits per heavy atom. The molecule has 0 aromatic rings. The molecule has 0 aliphatic heterocycles. The molecule has 0 fully saturated rings. The maximum atomic E-state index is 10.9. The van der Waals surface area contributed by atoms with Crippen LogP contribution >= 0.6 is 11.6 Å². The van der Waals surface area contributed by atoms with Crippen molar-refractivity contribution >= 4 is 17.6 Å². The minimum atomic E-state index is -0.604. The molecule has 2 atom stereocenters. The van der Waals surface area contributed by atoms with E-state index in [1.165, 1.54) is 0 Å². The molecule has 2 nitrogen and oxygen atoms in total. The maximum absolute atomic E-state index is 10.9. The van der Waals surface area contributed by atoms with Crippen molar-refractivity contribution in [3.63, 3.8) is 0 Å². The number of alkyl halides is 1. The van der Waals surface area contributed by atoms with Gasteiger partial charge in [0, 0.05) is 5.92 Å². The van der Waals surface area contributed by atoms with Crippen molar-refractivity contribution in [2.75, 3.05) is 6.61 Å². The second-order valence-corrected chi connectivity index (χ2v) is 2.72. The summed E-state index contributed by atoms with van der Waals surface area (Å²) >= 11 is 5.71. The van der Waals surface area contributed by atoms with Crippen molar-refractivity contribution in [1.82, 2.24) is 0 Å². The lowest BCUT2D eigenvalue weighted by molar-refractivity contribution is -0.143. The van der Waals surface area contributed by atoms with E-state index in [0.29, 0.717) is 6.61 Å². The van der Waals surface area contributed by atoms with Crippen LogP contribution in [0.4, 0.5) is 0 Å². The fourth-order valence-corrected chi connectivity index (χ4v) is 0.722. The zero-order chi connectivity index (χ0) is 8.85. The lowest BCUT2D eigenvalue weighted by Crippen LogP contribution is -2.23. The van der Waals surface area contributed by atoms with Crippen molar-refractivity contribution in [1.29, 1.82) is 0 Å². The molecule has 0 N–H and O–H groups in total.